The molecule has 2 aromatic carbocycles. The second-order valence-electron chi connectivity index (χ2n) is 42.0. The summed E-state index contributed by atoms with van der Waals surface area (Å²) in [4.78, 5) is 47.9. The minimum Gasteiger partial charge on any atom is -0.493 e. The van der Waals surface area contributed by atoms with E-state index >= 15 is 0 Å². The van der Waals surface area contributed by atoms with Gasteiger partial charge in [-0.25, -0.2) is 19.9 Å². The third-order valence-corrected chi connectivity index (χ3v) is 42.4. The van der Waals surface area contributed by atoms with Crippen molar-refractivity contribution < 1.29 is 18.9 Å². The van der Waals surface area contributed by atoms with Crippen molar-refractivity contribution in [1.29, 1.82) is 0 Å². The summed E-state index contributed by atoms with van der Waals surface area (Å²) in [6.45, 7) is 40.0. The summed E-state index contributed by atoms with van der Waals surface area (Å²) in [6, 6.07) is 38.3. The molecule has 4 aliphatic heterocycles. The maximum Gasteiger partial charge on any atom is 0.146 e. The first kappa shape index (κ1) is 108. The average molecular weight is 1960 g/mol. The first-order valence-electron chi connectivity index (χ1n) is 55.3. The standard InChI is InChI=1S/C128H160N10O4Si2/c1-17-21-25-29-33-37-41-47-79-139-101-85-99(86-102(89-101)140-80-48-42-38-34-30-26-22-18-2)127-121-65-55-111(133-121)105(109-53-61-117(131-109)125(97-69-75-129-76-70-97)119-63-57-113(135-119)107(115-59-67-123(127)137-115)73-83-143(91(5)6,92(7)8)93(9)10)51-45-46-52-106-110-54-62-118(132-110)126(98-71-77-130-78-72-98)120-64-58-114(136-120)108(74-84-144(94(11)12,95(13)14)96(15)16)116-60-68-124(138-116)128(122-66-56-112(106)134-122)100-87-103(141-81-49-43-39-35-31-27-23-19-3)90-104(88-100)142-82-50-44-40-36-32-28-24-20-4/h53-72,75-78,85-96,131,134,136-137H,17-44,47-50,79-82H2,1-16H3. The summed E-state index contributed by atoms with van der Waals surface area (Å²) in [5.41, 5.74) is 33.3. The lowest BCUT2D eigenvalue weighted by Gasteiger charge is -2.38. The smallest absolute Gasteiger partial charge is 0.146 e. The molecule has 0 fully saturated rings. The van der Waals surface area contributed by atoms with Crippen LogP contribution in [0.15, 0.2) is 134 Å². The van der Waals surface area contributed by atoms with E-state index < -0.39 is 16.1 Å². The second kappa shape index (κ2) is 54.1. The zero-order chi connectivity index (χ0) is 101. The summed E-state index contributed by atoms with van der Waals surface area (Å²) in [5, 5.41) is 0. The minimum absolute atomic E-state index is 0.402. The van der Waals surface area contributed by atoms with Gasteiger partial charge in [-0.15, -0.1) is 11.1 Å². The van der Waals surface area contributed by atoms with Crippen molar-refractivity contribution in [1.82, 2.24) is 49.8 Å². The highest BCUT2D eigenvalue weighted by atomic mass is 28.3. The third kappa shape index (κ3) is 27.7. The Morgan fingerprint density at radius 1 is 0.236 bits per heavy atom. The molecule has 0 saturated heterocycles. The van der Waals surface area contributed by atoms with Crippen LogP contribution < -0.4 is 18.9 Å². The maximum atomic E-state index is 6.91. The van der Waals surface area contributed by atoms with E-state index in [4.69, 9.17) is 38.9 Å². The summed E-state index contributed by atoms with van der Waals surface area (Å²) in [6.07, 6.45) is 62.9. The van der Waals surface area contributed by atoms with Gasteiger partial charge in [0.2, 0.25) is 0 Å². The molecule has 10 aromatic rings. The fourth-order valence-electron chi connectivity index (χ4n) is 22.1. The number of nitrogens with zero attached hydrogens (tertiary/aromatic N) is 6. The van der Waals surface area contributed by atoms with Crippen LogP contribution >= 0.6 is 0 Å². The number of hydrogen-bond acceptors (Lipinski definition) is 10. The highest BCUT2D eigenvalue weighted by Gasteiger charge is 2.43. The van der Waals surface area contributed by atoms with Crippen LogP contribution in [0.1, 0.15) is 384 Å². The predicted octanol–water partition coefficient (Wildman–Crippen LogP) is 35.7. The Morgan fingerprint density at radius 3 is 0.681 bits per heavy atom. The number of aromatic nitrogens is 10. The zero-order valence-electron chi connectivity index (χ0n) is 89.6. The number of fused-ring (bicyclic) bond motifs is 16. The quantitative estimate of drug-likeness (QED) is 0.0163. The number of rotatable bonds is 50. The molecule has 8 aromatic heterocycles. The number of H-pyrrole nitrogens is 4. The molecule has 754 valence electrons. The predicted molar refractivity (Wildman–Crippen MR) is 617 cm³/mol. The molecule has 0 unspecified atom stereocenters. The van der Waals surface area contributed by atoms with Crippen molar-refractivity contribution in [2.24, 2.45) is 0 Å². The number of benzene rings is 2. The molecule has 14 rings (SSSR count). The second-order valence-corrected chi connectivity index (χ2v) is 53.1. The number of ether oxygens (including phenoxy) is 4. The Kier molecular flexibility index (Phi) is 40.4. The Labute approximate surface area is 863 Å². The summed E-state index contributed by atoms with van der Waals surface area (Å²) < 4.78 is 27.6. The van der Waals surface area contributed by atoms with Gasteiger partial charge in [-0.3, -0.25) is 9.97 Å². The van der Waals surface area contributed by atoms with Crippen molar-refractivity contribution in [3.63, 3.8) is 0 Å². The molecule has 0 saturated carbocycles. The highest BCUT2D eigenvalue weighted by molar-refractivity contribution is 6.91. The van der Waals surface area contributed by atoms with E-state index in [9.17, 15) is 0 Å². The van der Waals surface area contributed by atoms with Gasteiger partial charge in [0.25, 0.3) is 0 Å². The van der Waals surface area contributed by atoms with E-state index in [1.807, 2.05) is 24.8 Å². The number of pyridine rings is 2. The summed E-state index contributed by atoms with van der Waals surface area (Å²) >= 11 is 0. The van der Waals surface area contributed by atoms with Gasteiger partial charge in [-0.2, -0.15) is 0 Å². The van der Waals surface area contributed by atoms with E-state index in [1.165, 1.54) is 154 Å². The van der Waals surface area contributed by atoms with Crippen LogP contribution in [0, 0.1) is 46.6 Å². The minimum atomic E-state index is -2.30. The number of hydrogen-bond donors (Lipinski definition) is 4. The SMILES string of the molecule is CCCCCCCCCCOc1cc(OCCCCCCCCCC)cc(-c2c3nc(c(C#C[Si](C(C)C)(C(C)C)C(C)C)c4ccc([nH]4)c(-c4ccncc4)c4nc(c(C#CC#Cc5c6nc(c(-c7cc(OCCCCCCCCCC)cc(OCCCCCCCCCC)c7)c7ccc([nH]7)c(C#C[Si](C(C)C)(C(C)C)C(C)C)c7nc(c(-c8ccncc8)c8ccc5[nH]8)C=C7)C=C6)c5ccc2[nH]5)C=C4)C=C3)c1. The van der Waals surface area contributed by atoms with Gasteiger partial charge in [0.05, 0.1) is 116 Å². The molecule has 0 aliphatic carbocycles. The van der Waals surface area contributed by atoms with Crippen molar-refractivity contribution in [3.05, 3.63) is 202 Å². The van der Waals surface area contributed by atoms with Gasteiger partial charge < -0.3 is 38.9 Å². The van der Waals surface area contributed by atoms with Gasteiger partial charge in [-0.1, -0.05) is 302 Å². The molecule has 16 bridgehead atoms. The van der Waals surface area contributed by atoms with Crippen molar-refractivity contribution in [2.75, 3.05) is 26.4 Å². The molecule has 4 aliphatic rings. The first-order valence-corrected chi connectivity index (χ1v) is 59.7. The monoisotopic (exact) mass is 1960 g/mol. The van der Waals surface area contributed by atoms with Gasteiger partial charge in [0, 0.05) is 81.2 Å². The molecule has 16 heteroatoms. The van der Waals surface area contributed by atoms with Crippen LogP contribution in [-0.2, 0) is 0 Å². The fourth-order valence-corrected chi connectivity index (χ4v) is 32.5. The number of nitrogens with one attached hydrogen (secondary N) is 4. The van der Waals surface area contributed by atoms with Crippen molar-refractivity contribution in [2.45, 2.75) is 349 Å². The lowest BCUT2D eigenvalue weighted by molar-refractivity contribution is 0.289. The van der Waals surface area contributed by atoms with Crippen LogP contribution in [0.3, 0.4) is 0 Å². The molecule has 12 heterocycles. The van der Waals surface area contributed by atoms with Crippen molar-refractivity contribution >= 4 is 109 Å². The van der Waals surface area contributed by atoms with Gasteiger partial charge in [0.15, 0.2) is 0 Å². The first-order chi connectivity index (χ1) is 70.2. The molecule has 144 heavy (non-hydrogen) atoms. The van der Waals surface area contributed by atoms with Crippen molar-refractivity contribution in [3.8, 4) is 114 Å². The zero-order valence-corrected chi connectivity index (χ0v) is 91.6. The number of unbranched alkanes of at least 4 members (excludes halogenated alkanes) is 28. The molecule has 14 nitrogen and oxygen atoms in total. The Balaban J connectivity index is 1.00. The largest absolute Gasteiger partial charge is 0.493 e. The Morgan fingerprint density at radius 2 is 0.444 bits per heavy atom. The molecule has 4 N–H and O–H groups in total. The van der Waals surface area contributed by atoms with Crippen LogP contribution in [0.5, 0.6) is 23.0 Å². The Bertz CT molecular complexity index is 6430. The van der Waals surface area contributed by atoms with Crippen LogP contribution in [0.4, 0.5) is 0 Å². The number of aromatic amines is 4. The van der Waals surface area contributed by atoms with Crippen LogP contribution in [0.2, 0.25) is 33.2 Å². The van der Waals surface area contributed by atoms with Gasteiger partial charge in [-0.05, 0) is 251 Å². The van der Waals surface area contributed by atoms with Crippen LogP contribution in [-0.4, -0.2) is 92.4 Å². The molecule has 0 amide bonds. The normalized spacial score (nSPS) is 12.2. The topological polar surface area (TPSA) is 177 Å². The molecular formula is C128H160N10O4Si2. The maximum absolute atomic E-state index is 6.91. The average Bonchev–Trinajstić information content (AvgIpc) is 1.33. The van der Waals surface area contributed by atoms with E-state index in [1.54, 1.807) is 0 Å². The van der Waals surface area contributed by atoms with E-state index in [0.717, 1.165) is 208 Å². The molecule has 0 radical (unpaired) electrons. The lowest BCUT2D eigenvalue weighted by Crippen LogP contribution is -2.43. The molecular weight excluding hydrogens is 1800 g/mol. The third-order valence-electron chi connectivity index (χ3n) is 29.8. The fraction of sp³-hybridized carbons (Fsp3) is 0.453. The van der Waals surface area contributed by atoms with Gasteiger partial charge >= 0.3 is 0 Å². The van der Waals surface area contributed by atoms with E-state index in [2.05, 4.69) is 345 Å². The Hall–Kier alpha value is -12.2. The summed E-state index contributed by atoms with van der Waals surface area (Å²) in [5.74, 6) is 25.3. The van der Waals surface area contributed by atoms with Crippen LogP contribution in [0.25, 0.3) is 137 Å². The lowest BCUT2D eigenvalue weighted by atomic mass is 10.0. The van der Waals surface area contributed by atoms with E-state index in [-0.39, 0.29) is 0 Å². The summed E-state index contributed by atoms with van der Waals surface area (Å²) in [7, 11) is -4.61. The van der Waals surface area contributed by atoms with Gasteiger partial charge in [0.1, 0.15) is 39.1 Å². The molecule has 0 spiro atoms. The molecule has 0 atom stereocenters. The highest BCUT2D eigenvalue weighted by Crippen LogP contribution is 2.46. The van der Waals surface area contributed by atoms with E-state index in [0.29, 0.717) is 82.2 Å².